The fourth-order valence-electron chi connectivity index (χ4n) is 2.99. The summed E-state index contributed by atoms with van der Waals surface area (Å²) in [5.41, 5.74) is 7.42. The van der Waals surface area contributed by atoms with Crippen molar-refractivity contribution in [2.45, 2.75) is 6.54 Å². The van der Waals surface area contributed by atoms with Crippen molar-refractivity contribution in [2.24, 2.45) is 0 Å². The standard InChI is InChI=1S/C21H16ClN7O4/c22-14-1-4-18(29-12-25-26-27-29)16(8-14)13-5-6-28(20(31)7-13)10-21(32)33-11-19(30)17-3-2-15(23)9-24-17/h1-9,12H,10-11,23H2. The lowest BCUT2D eigenvalue weighted by Gasteiger charge is -2.11. The fraction of sp³-hybridized carbons (Fsp3) is 0.0952. The number of aromatic nitrogens is 6. The number of carbonyl (C=O) groups excluding carboxylic acids is 2. The summed E-state index contributed by atoms with van der Waals surface area (Å²) in [6.45, 7) is -0.864. The van der Waals surface area contributed by atoms with Crippen LogP contribution >= 0.6 is 11.6 Å². The number of hydrogen-bond donors (Lipinski definition) is 1. The highest BCUT2D eigenvalue weighted by molar-refractivity contribution is 6.31. The molecule has 0 unspecified atom stereocenters. The normalized spacial score (nSPS) is 10.7. The number of anilines is 1. The van der Waals surface area contributed by atoms with Gasteiger partial charge in [0.15, 0.2) is 6.61 Å². The molecule has 166 valence electrons. The molecule has 3 aromatic heterocycles. The summed E-state index contributed by atoms with van der Waals surface area (Å²) < 4.78 is 7.60. The molecule has 0 fully saturated rings. The maximum Gasteiger partial charge on any atom is 0.326 e. The third-order valence-electron chi connectivity index (χ3n) is 4.60. The molecule has 11 nitrogen and oxygen atoms in total. The van der Waals surface area contributed by atoms with Gasteiger partial charge in [0, 0.05) is 22.8 Å². The molecular weight excluding hydrogens is 450 g/mol. The number of nitrogen functional groups attached to an aromatic ring is 1. The number of tetrazole rings is 1. The molecule has 0 saturated heterocycles. The minimum absolute atomic E-state index is 0.124. The fourth-order valence-corrected chi connectivity index (χ4v) is 3.16. The van der Waals surface area contributed by atoms with Crippen LogP contribution in [0.4, 0.5) is 5.69 Å². The van der Waals surface area contributed by atoms with Crippen LogP contribution in [0.3, 0.4) is 0 Å². The summed E-state index contributed by atoms with van der Waals surface area (Å²) >= 11 is 6.14. The molecule has 0 radical (unpaired) electrons. The maximum atomic E-state index is 12.6. The van der Waals surface area contributed by atoms with Crippen molar-refractivity contribution < 1.29 is 14.3 Å². The van der Waals surface area contributed by atoms with Gasteiger partial charge in [0.2, 0.25) is 5.78 Å². The third kappa shape index (κ3) is 5.10. The predicted octanol–water partition coefficient (Wildman–Crippen LogP) is 1.55. The van der Waals surface area contributed by atoms with E-state index >= 15 is 0 Å². The van der Waals surface area contributed by atoms with Crippen LogP contribution in [-0.2, 0) is 16.1 Å². The number of carbonyl (C=O) groups is 2. The van der Waals surface area contributed by atoms with E-state index < -0.39 is 23.9 Å². The predicted molar refractivity (Wildman–Crippen MR) is 118 cm³/mol. The van der Waals surface area contributed by atoms with Gasteiger partial charge in [-0.2, -0.15) is 4.68 Å². The molecule has 0 aliphatic carbocycles. The molecular formula is C21H16ClN7O4. The van der Waals surface area contributed by atoms with Gasteiger partial charge in [-0.15, -0.1) is 5.10 Å². The lowest BCUT2D eigenvalue weighted by Crippen LogP contribution is -2.26. The van der Waals surface area contributed by atoms with E-state index in [-0.39, 0.29) is 12.2 Å². The first kappa shape index (κ1) is 21.8. The molecule has 0 atom stereocenters. The highest BCUT2D eigenvalue weighted by atomic mass is 35.5. The van der Waals surface area contributed by atoms with Crippen LogP contribution in [0.2, 0.25) is 5.02 Å². The van der Waals surface area contributed by atoms with Crippen molar-refractivity contribution >= 4 is 29.0 Å². The molecule has 0 amide bonds. The highest BCUT2D eigenvalue weighted by Gasteiger charge is 2.14. The van der Waals surface area contributed by atoms with Gasteiger partial charge >= 0.3 is 5.97 Å². The molecule has 0 spiro atoms. The number of esters is 1. The van der Waals surface area contributed by atoms with E-state index in [4.69, 9.17) is 22.1 Å². The summed E-state index contributed by atoms with van der Waals surface area (Å²) in [7, 11) is 0. The number of ketones is 1. The second kappa shape index (κ2) is 9.40. The van der Waals surface area contributed by atoms with E-state index in [1.807, 2.05) is 0 Å². The Kier molecular flexibility index (Phi) is 6.22. The van der Waals surface area contributed by atoms with Crippen LogP contribution in [0, 0.1) is 0 Å². The number of Topliss-reactive ketones (excluding diaryl/α,β-unsaturated/α-hetero) is 1. The van der Waals surface area contributed by atoms with Gasteiger partial charge in [0.1, 0.15) is 18.6 Å². The Morgan fingerprint density at radius 1 is 1.12 bits per heavy atom. The Morgan fingerprint density at radius 3 is 2.67 bits per heavy atom. The second-order valence-electron chi connectivity index (χ2n) is 6.86. The van der Waals surface area contributed by atoms with Crippen LogP contribution in [0.5, 0.6) is 0 Å². The molecule has 0 aliphatic heterocycles. The Labute approximate surface area is 191 Å². The Bertz CT molecular complexity index is 1370. The van der Waals surface area contributed by atoms with Crippen molar-refractivity contribution in [3.05, 3.63) is 82.3 Å². The van der Waals surface area contributed by atoms with Crippen LogP contribution in [0.15, 0.2) is 66.0 Å². The lowest BCUT2D eigenvalue weighted by molar-refractivity contribution is -0.143. The lowest BCUT2D eigenvalue weighted by atomic mass is 10.0. The zero-order chi connectivity index (χ0) is 23.4. The number of ether oxygens (including phenoxy) is 1. The van der Waals surface area contributed by atoms with Crippen LogP contribution < -0.4 is 11.3 Å². The van der Waals surface area contributed by atoms with E-state index in [0.717, 1.165) is 0 Å². The van der Waals surface area contributed by atoms with Gasteiger partial charge < -0.3 is 15.0 Å². The van der Waals surface area contributed by atoms with Crippen molar-refractivity contribution in [3.8, 4) is 16.8 Å². The van der Waals surface area contributed by atoms with Crippen molar-refractivity contribution in [2.75, 3.05) is 12.3 Å². The van der Waals surface area contributed by atoms with E-state index in [1.165, 1.54) is 46.2 Å². The SMILES string of the molecule is Nc1ccc(C(=O)COC(=O)Cn2ccc(-c3cc(Cl)ccc3-n3cnnn3)cc2=O)nc1. The molecule has 0 saturated carbocycles. The van der Waals surface area contributed by atoms with E-state index in [0.29, 0.717) is 27.5 Å². The van der Waals surface area contributed by atoms with Crippen LogP contribution in [-0.4, -0.2) is 48.1 Å². The van der Waals surface area contributed by atoms with E-state index in [1.54, 1.807) is 24.3 Å². The Morgan fingerprint density at radius 2 is 1.97 bits per heavy atom. The largest absolute Gasteiger partial charge is 0.456 e. The monoisotopic (exact) mass is 465 g/mol. The summed E-state index contributed by atoms with van der Waals surface area (Å²) in [4.78, 5) is 40.7. The molecule has 1 aromatic carbocycles. The van der Waals surface area contributed by atoms with Crippen LogP contribution in [0.1, 0.15) is 10.5 Å². The topological polar surface area (TPSA) is 148 Å². The number of pyridine rings is 2. The number of rotatable bonds is 7. The summed E-state index contributed by atoms with van der Waals surface area (Å²) in [5, 5.41) is 11.6. The minimum Gasteiger partial charge on any atom is -0.456 e. The molecule has 0 bridgehead atoms. The van der Waals surface area contributed by atoms with Gasteiger partial charge in [-0.25, -0.2) is 0 Å². The van der Waals surface area contributed by atoms with E-state index in [2.05, 4.69) is 20.5 Å². The number of halogens is 1. The first-order chi connectivity index (χ1) is 15.9. The average molecular weight is 466 g/mol. The number of nitrogens with zero attached hydrogens (tertiary/aromatic N) is 6. The zero-order valence-corrected chi connectivity index (χ0v) is 17.7. The number of benzene rings is 1. The number of hydrogen-bond acceptors (Lipinski definition) is 9. The quantitative estimate of drug-likeness (QED) is 0.317. The molecule has 0 aliphatic rings. The molecule has 33 heavy (non-hydrogen) atoms. The third-order valence-corrected chi connectivity index (χ3v) is 4.83. The average Bonchev–Trinajstić information content (AvgIpc) is 3.34. The van der Waals surface area contributed by atoms with Crippen molar-refractivity contribution in [1.82, 2.24) is 29.8 Å². The highest BCUT2D eigenvalue weighted by Crippen LogP contribution is 2.28. The van der Waals surface area contributed by atoms with Gasteiger partial charge in [-0.3, -0.25) is 19.4 Å². The molecule has 2 N–H and O–H groups in total. The molecule has 4 rings (SSSR count). The Hall–Kier alpha value is -4.38. The van der Waals surface area contributed by atoms with E-state index in [9.17, 15) is 14.4 Å². The summed E-state index contributed by atoms with van der Waals surface area (Å²) in [6, 6.07) is 11.1. The number of nitrogens with two attached hydrogens (primary N) is 1. The van der Waals surface area contributed by atoms with Gasteiger partial charge in [0.05, 0.1) is 17.6 Å². The summed E-state index contributed by atoms with van der Waals surface area (Å²) in [6.07, 6.45) is 4.21. The second-order valence-corrected chi connectivity index (χ2v) is 7.29. The van der Waals surface area contributed by atoms with Gasteiger partial charge in [-0.1, -0.05) is 11.6 Å². The zero-order valence-electron chi connectivity index (χ0n) is 17.0. The maximum absolute atomic E-state index is 12.6. The first-order valence-corrected chi connectivity index (χ1v) is 9.92. The smallest absolute Gasteiger partial charge is 0.326 e. The van der Waals surface area contributed by atoms with Crippen LogP contribution in [0.25, 0.3) is 16.8 Å². The van der Waals surface area contributed by atoms with Crippen molar-refractivity contribution in [1.29, 1.82) is 0 Å². The van der Waals surface area contributed by atoms with Gasteiger partial charge in [0.25, 0.3) is 5.56 Å². The molecule has 3 heterocycles. The van der Waals surface area contributed by atoms with Gasteiger partial charge in [-0.05, 0) is 52.4 Å². The minimum atomic E-state index is -0.745. The first-order valence-electron chi connectivity index (χ1n) is 9.55. The molecule has 4 aromatic rings. The summed E-state index contributed by atoms with van der Waals surface area (Å²) in [5.74, 6) is -1.23. The van der Waals surface area contributed by atoms with Crippen molar-refractivity contribution in [3.63, 3.8) is 0 Å². The molecule has 12 heteroatoms. The Balaban J connectivity index is 1.47.